The quantitative estimate of drug-likeness (QED) is 0.812. The SMILES string of the molecule is CC(C)C(CNCC(O)c1ccsc1)c1ccccc1. The van der Waals surface area contributed by atoms with Crippen LogP contribution in [0.4, 0.5) is 0 Å². The van der Waals surface area contributed by atoms with Crippen LogP contribution < -0.4 is 5.32 Å². The van der Waals surface area contributed by atoms with Crippen molar-refractivity contribution in [2.75, 3.05) is 13.1 Å². The summed E-state index contributed by atoms with van der Waals surface area (Å²) in [5.41, 5.74) is 2.36. The minimum Gasteiger partial charge on any atom is -0.387 e. The first-order chi connectivity index (χ1) is 9.68. The van der Waals surface area contributed by atoms with Gasteiger partial charge in [0.05, 0.1) is 6.10 Å². The summed E-state index contributed by atoms with van der Waals surface area (Å²) in [6.45, 7) is 5.99. The molecule has 2 nitrogen and oxygen atoms in total. The van der Waals surface area contributed by atoms with Gasteiger partial charge in [0, 0.05) is 13.1 Å². The predicted octanol–water partition coefficient (Wildman–Crippen LogP) is 3.81. The van der Waals surface area contributed by atoms with Crippen molar-refractivity contribution >= 4 is 11.3 Å². The van der Waals surface area contributed by atoms with E-state index in [1.807, 2.05) is 16.8 Å². The third-order valence-electron chi connectivity index (χ3n) is 3.66. The van der Waals surface area contributed by atoms with Crippen LogP contribution in [0, 0.1) is 5.92 Å². The summed E-state index contributed by atoms with van der Waals surface area (Å²) in [6, 6.07) is 12.6. The highest BCUT2D eigenvalue weighted by Crippen LogP contribution is 2.23. The van der Waals surface area contributed by atoms with Crippen LogP contribution in [-0.4, -0.2) is 18.2 Å². The Kier molecular flexibility index (Phi) is 5.77. The lowest BCUT2D eigenvalue weighted by Crippen LogP contribution is -2.28. The number of nitrogens with one attached hydrogen (secondary N) is 1. The van der Waals surface area contributed by atoms with E-state index in [4.69, 9.17) is 0 Å². The van der Waals surface area contributed by atoms with Crippen molar-refractivity contribution in [2.24, 2.45) is 5.92 Å². The molecule has 1 heterocycles. The van der Waals surface area contributed by atoms with Crippen LogP contribution in [0.3, 0.4) is 0 Å². The summed E-state index contributed by atoms with van der Waals surface area (Å²) < 4.78 is 0. The van der Waals surface area contributed by atoms with Gasteiger partial charge < -0.3 is 10.4 Å². The highest BCUT2D eigenvalue weighted by Gasteiger charge is 2.16. The smallest absolute Gasteiger partial charge is 0.0922 e. The van der Waals surface area contributed by atoms with Crippen LogP contribution in [0.5, 0.6) is 0 Å². The molecular weight excluding hydrogens is 266 g/mol. The molecule has 0 radical (unpaired) electrons. The molecule has 2 rings (SSSR count). The summed E-state index contributed by atoms with van der Waals surface area (Å²) in [6.07, 6.45) is -0.412. The molecule has 0 aliphatic carbocycles. The van der Waals surface area contributed by atoms with Crippen molar-refractivity contribution in [3.63, 3.8) is 0 Å². The molecular formula is C17H23NOS. The Morgan fingerprint density at radius 3 is 2.40 bits per heavy atom. The molecule has 0 spiro atoms. The van der Waals surface area contributed by atoms with Crippen LogP contribution in [0.25, 0.3) is 0 Å². The zero-order valence-corrected chi connectivity index (χ0v) is 12.9. The van der Waals surface area contributed by atoms with E-state index in [0.29, 0.717) is 18.4 Å². The molecule has 2 unspecified atom stereocenters. The van der Waals surface area contributed by atoms with E-state index >= 15 is 0 Å². The van der Waals surface area contributed by atoms with Crippen molar-refractivity contribution in [3.8, 4) is 0 Å². The number of hydrogen-bond donors (Lipinski definition) is 2. The summed E-state index contributed by atoms with van der Waals surface area (Å²) in [5, 5.41) is 17.5. The molecule has 20 heavy (non-hydrogen) atoms. The van der Waals surface area contributed by atoms with Crippen molar-refractivity contribution < 1.29 is 5.11 Å². The fourth-order valence-electron chi connectivity index (χ4n) is 2.40. The monoisotopic (exact) mass is 289 g/mol. The second kappa shape index (κ2) is 7.58. The van der Waals surface area contributed by atoms with Crippen LogP contribution >= 0.6 is 11.3 Å². The summed E-state index contributed by atoms with van der Waals surface area (Å²) in [5.74, 6) is 1.05. The van der Waals surface area contributed by atoms with Crippen LogP contribution in [0.2, 0.25) is 0 Å². The molecule has 0 saturated heterocycles. The van der Waals surface area contributed by atoms with Gasteiger partial charge in [0.2, 0.25) is 0 Å². The normalized spacial score (nSPS) is 14.4. The summed E-state index contributed by atoms with van der Waals surface area (Å²) in [7, 11) is 0. The Balaban J connectivity index is 1.87. The summed E-state index contributed by atoms with van der Waals surface area (Å²) in [4.78, 5) is 0. The molecule has 108 valence electrons. The van der Waals surface area contributed by atoms with E-state index < -0.39 is 6.10 Å². The standard InChI is InChI=1S/C17H23NOS/c1-13(2)16(14-6-4-3-5-7-14)10-18-11-17(19)15-8-9-20-12-15/h3-9,12-13,16-19H,10-11H2,1-2H3. The van der Waals surface area contributed by atoms with Gasteiger partial charge in [-0.2, -0.15) is 11.3 Å². The fourth-order valence-corrected chi connectivity index (χ4v) is 3.10. The Morgan fingerprint density at radius 2 is 1.80 bits per heavy atom. The Labute approximate surface area is 125 Å². The van der Waals surface area contributed by atoms with Gasteiger partial charge in [-0.15, -0.1) is 0 Å². The topological polar surface area (TPSA) is 32.3 Å². The predicted molar refractivity (Wildman–Crippen MR) is 86.2 cm³/mol. The Morgan fingerprint density at radius 1 is 1.05 bits per heavy atom. The molecule has 0 fully saturated rings. The number of benzene rings is 1. The zero-order chi connectivity index (χ0) is 14.4. The van der Waals surface area contributed by atoms with Gasteiger partial charge in [-0.25, -0.2) is 0 Å². The average Bonchev–Trinajstić information content (AvgIpc) is 2.98. The van der Waals surface area contributed by atoms with E-state index in [-0.39, 0.29) is 0 Å². The Bertz CT molecular complexity index is 481. The van der Waals surface area contributed by atoms with Gasteiger partial charge in [-0.1, -0.05) is 44.2 Å². The van der Waals surface area contributed by atoms with Gasteiger partial charge >= 0.3 is 0 Å². The van der Waals surface area contributed by atoms with Crippen LogP contribution in [0.1, 0.15) is 37.0 Å². The van der Waals surface area contributed by atoms with Gasteiger partial charge in [0.1, 0.15) is 0 Å². The lowest BCUT2D eigenvalue weighted by atomic mass is 9.88. The first kappa shape index (κ1) is 15.2. The maximum Gasteiger partial charge on any atom is 0.0922 e. The van der Waals surface area contributed by atoms with E-state index in [9.17, 15) is 5.11 Å². The molecule has 2 aromatic rings. The van der Waals surface area contributed by atoms with E-state index in [0.717, 1.165) is 12.1 Å². The molecule has 1 aromatic heterocycles. The molecule has 0 aliphatic rings. The van der Waals surface area contributed by atoms with E-state index in [2.05, 4.69) is 49.5 Å². The molecule has 1 aromatic carbocycles. The highest BCUT2D eigenvalue weighted by atomic mass is 32.1. The van der Waals surface area contributed by atoms with Gasteiger partial charge in [-0.3, -0.25) is 0 Å². The van der Waals surface area contributed by atoms with Gasteiger partial charge in [0.25, 0.3) is 0 Å². The zero-order valence-electron chi connectivity index (χ0n) is 12.1. The lowest BCUT2D eigenvalue weighted by Gasteiger charge is -2.22. The van der Waals surface area contributed by atoms with Crippen molar-refractivity contribution in [1.82, 2.24) is 5.32 Å². The number of aliphatic hydroxyl groups is 1. The van der Waals surface area contributed by atoms with Crippen LogP contribution in [-0.2, 0) is 0 Å². The average molecular weight is 289 g/mol. The minimum atomic E-state index is -0.412. The van der Waals surface area contributed by atoms with Crippen molar-refractivity contribution in [1.29, 1.82) is 0 Å². The fraction of sp³-hybridized carbons (Fsp3) is 0.412. The van der Waals surface area contributed by atoms with Crippen molar-refractivity contribution in [2.45, 2.75) is 25.9 Å². The van der Waals surface area contributed by atoms with Crippen LogP contribution in [0.15, 0.2) is 47.2 Å². The third kappa shape index (κ3) is 4.17. The number of hydrogen-bond acceptors (Lipinski definition) is 3. The number of thiophene rings is 1. The minimum absolute atomic E-state index is 0.412. The second-order valence-electron chi connectivity index (χ2n) is 5.49. The first-order valence-corrected chi connectivity index (χ1v) is 8.08. The maximum atomic E-state index is 10.1. The number of aliphatic hydroxyl groups excluding tert-OH is 1. The maximum absolute atomic E-state index is 10.1. The first-order valence-electron chi connectivity index (χ1n) is 7.14. The Hall–Kier alpha value is -1.16. The van der Waals surface area contributed by atoms with Crippen molar-refractivity contribution in [3.05, 3.63) is 58.3 Å². The molecule has 0 aliphatic heterocycles. The van der Waals surface area contributed by atoms with E-state index in [1.165, 1.54) is 5.56 Å². The highest BCUT2D eigenvalue weighted by molar-refractivity contribution is 7.07. The lowest BCUT2D eigenvalue weighted by molar-refractivity contribution is 0.173. The molecule has 0 amide bonds. The third-order valence-corrected chi connectivity index (χ3v) is 4.36. The second-order valence-corrected chi connectivity index (χ2v) is 6.27. The molecule has 3 heteroatoms. The largest absolute Gasteiger partial charge is 0.387 e. The molecule has 0 saturated carbocycles. The number of rotatable bonds is 7. The molecule has 2 atom stereocenters. The van der Waals surface area contributed by atoms with Gasteiger partial charge in [0.15, 0.2) is 0 Å². The molecule has 2 N–H and O–H groups in total. The van der Waals surface area contributed by atoms with E-state index in [1.54, 1.807) is 11.3 Å². The molecule has 0 bridgehead atoms. The van der Waals surface area contributed by atoms with Gasteiger partial charge in [-0.05, 0) is 39.8 Å². The summed E-state index contributed by atoms with van der Waals surface area (Å²) >= 11 is 1.62.